The summed E-state index contributed by atoms with van der Waals surface area (Å²) in [6, 6.07) is -0.683. The van der Waals surface area contributed by atoms with Crippen LogP contribution in [0, 0.1) is 0 Å². The van der Waals surface area contributed by atoms with Gasteiger partial charge in [-0.05, 0) is 18.4 Å². The third kappa shape index (κ3) is 14.6. The first kappa shape index (κ1) is 15.3. The first-order valence-electron chi connectivity index (χ1n) is 4.57. The fourth-order valence-electron chi connectivity index (χ4n) is 0.368. The van der Waals surface area contributed by atoms with E-state index in [1.54, 1.807) is 11.8 Å². The molecule has 0 aromatic carbocycles. The summed E-state index contributed by atoms with van der Waals surface area (Å²) in [6.45, 7) is 4.36. The van der Waals surface area contributed by atoms with Gasteiger partial charge in [0, 0.05) is 0 Å². The van der Waals surface area contributed by atoms with E-state index in [4.69, 9.17) is 10.8 Å². The Labute approximate surface area is 85.1 Å². The van der Waals surface area contributed by atoms with Crippen LogP contribution in [-0.4, -0.2) is 29.1 Å². The van der Waals surface area contributed by atoms with E-state index < -0.39 is 12.0 Å². The summed E-state index contributed by atoms with van der Waals surface area (Å²) in [5, 5.41) is 8.27. The summed E-state index contributed by atoms with van der Waals surface area (Å²) in [5.41, 5.74) is 5.19. The van der Waals surface area contributed by atoms with E-state index in [1.807, 2.05) is 6.26 Å². The lowest BCUT2D eigenvalue weighted by atomic mass is 10.2. The number of carboxylic acid groups (broad SMARTS) is 1. The van der Waals surface area contributed by atoms with Gasteiger partial charge in [-0.1, -0.05) is 26.7 Å². The second kappa shape index (κ2) is 11.8. The molecule has 0 fully saturated rings. The lowest BCUT2D eigenvalue weighted by Crippen LogP contribution is -2.30. The second-order valence-corrected chi connectivity index (χ2v) is 3.71. The van der Waals surface area contributed by atoms with Crippen molar-refractivity contribution in [2.75, 3.05) is 12.0 Å². The van der Waals surface area contributed by atoms with Crippen LogP contribution in [0.25, 0.3) is 0 Å². The molecule has 80 valence electrons. The maximum absolute atomic E-state index is 10.1. The van der Waals surface area contributed by atoms with Crippen LogP contribution in [0.4, 0.5) is 0 Å². The van der Waals surface area contributed by atoms with Gasteiger partial charge in [-0.2, -0.15) is 11.8 Å². The molecule has 0 aliphatic rings. The minimum absolute atomic E-state index is 0.552. The summed E-state index contributed by atoms with van der Waals surface area (Å²) in [7, 11) is 0. The molecule has 0 aromatic heterocycles. The predicted octanol–water partition coefficient (Wildman–Crippen LogP) is 1.96. The van der Waals surface area contributed by atoms with E-state index in [0.29, 0.717) is 6.42 Å². The SMILES string of the molecule is CCCC.CSCCC(N)C(=O)O. The molecule has 0 aliphatic heterocycles. The second-order valence-electron chi connectivity index (χ2n) is 2.73. The van der Waals surface area contributed by atoms with Crippen LogP contribution >= 0.6 is 11.8 Å². The van der Waals surface area contributed by atoms with E-state index in [9.17, 15) is 4.79 Å². The molecule has 0 spiro atoms. The zero-order valence-corrected chi connectivity index (χ0v) is 9.56. The number of aliphatic carboxylic acids is 1. The predicted molar refractivity (Wildman–Crippen MR) is 59.2 cm³/mol. The van der Waals surface area contributed by atoms with E-state index in [2.05, 4.69) is 13.8 Å². The fraction of sp³-hybridized carbons (Fsp3) is 0.889. The Morgan fingerprint density at radius 2 is 1.92 bits per heavy atom. The lowest BCUT2D eigenvalue weighted by Gasteiger charge is -2.02. The summed E-state index contributed by atoms with van der Waals surface area (Å²) in [6.07, 6.45) is 5.12. The Kier molecular flexibility index (Phi) is 13.8. The Bertz CT molecular complexity index is 118. The molecule has 4 heteroatoms. The molecule has 3 nitrogen and oxygen atoms in total. The highest BCUT2D eigenvalue weighted by Crippen LogP contribution is 1.97. The molecule has 0 radical (unpaired) electrons. The highest BCUT2D eigenvalue weighted by atomic mass is 32.2. The van der Waals surface area contributed by atoms with Gasteiger partial charge in [-0.15, -0.1) is 0 Å². The van der Waals surface area contributed by atoms with Crippen LogP contribution in [0.15, 0.2) is 0 Å². The number of nitrogens with two attached hydrogens (primary N) is 1. The molecule has 0 saturated heterocycles. The van der Waals surface area contributed by atoms with Crippen LogP contribution in [0.5, 0.6) is 0 Å². The number of rotatable bonds is 5. The van der Waals surface area contributed by atoms with Crippen molar-refractivity contribution in [3.8, 4) is 0 Å². The molecule has 0 saturated carbocycles. The molecule has 0 bridgehead atoms. The Morgan fingerprint density at radius 3 is 2.15 bits per heavy atom. The lowest BCUT2D eigenvalue weighted by molar-refractivity contribution is -0.138. The normalized spacial score (nSPS) is 11.4. The highest BCUT2D eigenvalue weighted by molar-refractivity contribution is 7.98. The van der Waals surface area contributed by atoms with Crippen LogP contribution in [0.2, 0.25) is 0 Å². The third-order valence-corrected chi connectivity index (χ3v) is 2.09. The Morgan fingerprint density at radius 1 is 1.46 bits per heavy atom. The molecule has 0 amide bonds. The Hall–Kier alpha value is -0.220. The molecule has 0 aromatic rings. The van der Waals surface area contributed by atoms with Crippen LogP contribution in [-0.2, 0) is 4.79 Å². The van der Waals surface area contributed by atoms with Crippen molar-refractivity contribution in [3.05, 3.63) is 0 Å². The molecule has 3 N–H and O–H groups in total. The average molecular weight is 207 g/mol. The largest absolute Gasteiger partial charge is 0.480 e. The molecule has 0 rings (SSSR count). The van der Waals surface area contributed by atoms with Crippen molar-refractivity contribution in [1.82, 2.24) is 0 Å². The fourth-order valence-corrected chi connectivity index (χ4v) is 0.858. The molecule has 13 heavy (non-hydrogen) atoms. The topological polar surface area (TPSA) is 63.3 Å². The van der Waals surface area contributed by atoms with E-state index in [0.717, 1.165) is 5.75 Å². The van der Waals surface area contributed by atoms with Gasteiger partial charge in [0.25, 0.3) is 0 Å². The minimum atomic E-state index is -0.913. The first-order valence-corrected chi connectivity index (χ1v) is 5.96. The monoisotopic (exact) mass is 207 g/mol. The first-order chi connectivity index (χ1) is 6.09. The van der Waals surface area contributed by atoms with Gasteiger partial charge in [0.05, 0.1) is 0 Å². The summed E-state index contributed by atoms with van der Waals surface area (Å²) in [4.78, 5) is 10.1. The van der Waals surface area contributed by atoms with Crippen LogP contribution < -0.4 is 5.73 Å². The molecule has 0 heterocycles. The molecular formula is C9H21NO2S. The van der Waals surface area contributed by atoms with Crippen molar-refractivity contribution in [2.24, 2.45) is 5.73 Å². The van der Waals surface area contributed by atoms with Gasteiger partial charge in [-0.3, -0.25) is 4.79 Å². The molecular weight excluding hydrogens is 186 g/mol. The van der Waals surface area contributed by atoms with Gasteiger partial charge in [0.15, 0.2) is 0 Å². The number of thioether (sulfide) groups is 1. The van der Waals surface area contributed by atoms with Gasteiger partial charge in [0.1, 0.15) is 6.04 Å². The number of carbonyl (C=O) groups is 1. The minimum Gasteiger partial charge on any atom is -0.480 e. The van der Waals surface area contributed by atoms with E-state index in [1.165, 1.54) is 12.8 Å². The Balaban J connectivity index is 0. The van der Waals surface area contributed by atoms with Gasteiger partial charge in [-0.25, -0.2) is 0 Å². The van der Waals surface area contributed by atoms with Crippen molar-refractivity contribution in [2.45, 2.75) is 39.2 Å². The summed E-state index contributed by atoms with van der Waals surface area (Å²) >= 11 is 1.60. The molecule has 1 unspecified atom stereocenters. The van der Waals surface area contributed by atoms with E-state index >= 15 is 0 Å². The zero-order chi connectivity index (χ0) is 10.7. The van der Waals surface area contributed by atoms with Gasteiger partial charge < -0.3 is 10.8 Å². The molecule has 1 atom stereocenters. The number of unbranched alkanes of at least 4 members (excludes halogenated alkanes) is 1. The van der Waals surface area contributed by atoms with Crippen molar-refractivity contribution in [3.63, 3.8) is 0 Å². The maximum Gasteiger partial charge on any atom is 0.320 e. The maximum atomic E-state index is 10.1. The average Bonchev–Trinajstić information content (AvgIpc) is 2.14. The van der Waals surface area contributed by atoms with Gasteiger partial charge >= 0.3 is 5.97 Å². The number of carboxylic acids is 1. The smallest absolute Gasteiger partial charge is 0.320 e. The third-order valence-electron chi connectivity index (χ3n) is 1.45. The van der Waals surface area contributed by atoms with E-state index in [-0.39, 0.29) is 0 Å². The van der Waals surface area contributed by atoms with Gasteiger partial charge in [0.2, 0.25) is 0 Å². The quantitative estimate of drug-likeness (QED) is 0.723. The van der Waals surface area contributed by atoms with Crippen LogP contribution in [0.1, 0.15) is 33.1 Å². The van der Waals surface area contributed by atoms with Crippen molar-refractivity contribution < 1.29 is 9.90 Å². The highest BCUT2D eigenvalue weighted by Gasteiger charge is 2.08. The standard InChI is InChI=1S/C5H11NO2S.C4H10/c1-9-3-2-4(6)5(7)8;1-3-4-2/h4H,2-3,6H2,1H3,(H,7,8);3-4H2,1-2H3. The number of hydrogen-bond donors (Lipinski definition) is 2. The van der Waals surface area contributed by atoms with Crippen molar-refractivity contribution in [1.29, 1.82) is 0 Å². The summed E-state index contributed by atoms with van der Waals surface area (Å²) < 4.78 is 0. The summed E-state index contributed by atoms with van der Waals surface area (Å²) in [5.74, 6) is -0.1000. The van der Waals surface area contributed by atoms with Crippen LogP contribution in [0.3, 0.4) is 0 Å². The number of hydrogen-bond acceptors (Lipinski definition) is 3. The molecule has 0 aliphatic carbocycles. The zero-order valence-electron chi connectivity index (χ0n) is 8.75. The van der Waals surface area contributed by atoms with Crippen molar-refractivity contribution >= 4 is 17.7 Å².